The number of aryl methyl sites for hydroxylation is 1. The lowest BCUT2D eigenvalue weighted by Crippen LogP contribution is -2.21. The summed E-state index contributed by atoms with van der Waals surface area (Å²) in [6, 6.07) is 15.6. The van der Waals surface area contributed by atoms with Crippen LogP contribution in [0, 0.1) is 18.3 Å². The number of benzene rings is 2. The molecule has 0 unspecified atom stereocenters. The summed E-state index contributed by atoms with van der Waals surface area (Å²) in [4.78, 5) is 11.3. The van der Waals surface area contributed by atoms with Crippen molar-refractivity contribution in [1.82, 2.24) is 5.32 Å². The Bertz CT molecular complexity index is 830. The van der Waals surface area contributed by atoms with Gasteiger partial charge in [0.05, 0.1) is 6.07 Å². The van der Waals surface area contributed by atoms with E-state index in [0.29, 0.717) is 19.8 Å². The van der Waals surface area contributed by atoms with Crippen LogP contribution in [0.25, 0.3) is 0 Å². The van der Waals surface area contributed by atoms with E-state index >= 15 is 0 Å². The smallest absolute Gasteiger partial charge is 0.234 e. The average molecular weight is 380 g/mol. The molecule has 0 spiro atoms. The Morgan fingerprint density at radius 3 is 2.39 bits per heavy atom. The second-order valence-electron chi connectivity index (χ2n) is 7.70. The highest BCUT2D eigenvalue weighted by Gasteiger charge is 2.19. The maximum Gasteiger partial charge on any atom is 0.234 e. The van der Waals surface area contributed by atoms with E-state index in [1.54, 1.807) is 0 Å². The fourth-order valence-electron chi connectivity index (χ4n) is 2.71. The van der Waals surface area contributed by atoms with Gasteiger partial charge in [-0.1, -0.05) is 50.6 Å². The SMILES string of the molecule is Cc1ccc(OCCOc2ccc(CNC(=O)CC#N)cc2)c(C(C)(C)C)c1. The van der Waals surface area contributed by atoms with E-state index in [1.165, 1.54) is 11.1 Å². The Labute approximate surface area is 167 Å². The van der Waals surface area contributed by atoms with Crippen LogP contribution in [-0.2, 0) is 16.8 Å². The van der Waals surface area contributed by atoms with Crippen LogP contribution in [-0.4, -0.2) is 19.1 Å². The molecule has 0 aliphatic heterocycles. The van der Waals surface area contributed by atoms with E-state index in [0.717, 1.165) is 17.1 Å². The average Bonchev–Trinajstić information content (AvgIpc) is 2.65. The molecule has 0 aromatic heterocycles. The number of amides is 1. The molecule has 0 fully saturated rings. The number of nitriles is 1. The predicted octanol–water partition coefficient (Wildman–Crippen LogP) is 4.28. The number of ether oxygens (including phenoxy) is 2. The highest BCUT2D eigenvalue weighted by molar-refractivity contribution is 5.77. The summed E-state index contributed by atoms with van der Waals surface area (Å²) in [5, 5.41) is 11.2. The molecule has 148 valence electrons. The number of carbonyl (C=O) groups is 1. The lowest BCUT2D eigenvalue weighted by molar-refractivity contribution is -0.120. The molecule has 0 radical (unpaired) electrons. The molecule has 0 saturated heterocycles. The minimum atomic E-state index is -0.272. The molecule has 0 saturated carbocycles. The maximum absolute atomic E-state index is 11.3. The first-order valence-corrected chi connectivity index (χ1v) is 9.39. The maximum atomic E-state index is 11.3. The molecular formula is C23H28N2O3. The van der Waals surface area contributed by atoms with Crippen LogP contribution in [0.2, 0.25) is 0 Å². The third kappa shape index (κ3) is 6.62. The minimum absolute atomic E-state index is 0.0146. The van der Waals surface area contributed by atoms with Gasteiger partial charge in [0.25, 0.3) is 0 Å². The predicted molar refractivity (Wildman–Crippen MR) is 109 cm³/mol. The molecule has 2 rings (SSSR count). The fraction of sp³-hybridized carbons (Fsp3) is 0.391. The van der Waals surface area contributed by atoms with Crippen molar-refractivity contribution < 1.29 is 14.3 Å². The molecule has 2 aromatic carbocycles. The van der Waals surface area contributed by atoms with Crippen molar-refractivity contribution in [2.24, 2.45) is 0 Å². The quantitative estimate of drug-likeness (QED) is 0.694. The summed E-state index contributed by atoms with van der Waals surface area (Å²) in [5.41, 5.74) is 3.37. The molecule has 1 N–H and O–H groups in total. The third-order valence-corrected chi connectivity index (χ3v) is 4.21. The van der Waals surface area contributed by atoms with Gasteiger partial charge >= 0.3 is 0 Å². The number of hydrogen-bond donors (Lipinski definition) is 1. The van der Waals surface area contributed by atoms with Crippen LogP contribution in [0.3, 0.4) is 0 Å². The summed E-state index contributed by atoms with van der Waals surface area (Å²) in [6.07, 6.45) is -0.126. The Kier molecular flexibility index (Phi) is 7.45. The highest BCUT2D eigenvalue weighted by Crippen LogP contribution is 2.32. The summed E-state index contributed by atoms with van der Waals surface area (Å²) in [5.74, 6) is 1.37. The normalized spacial score (nSPS) is 10.8. The van der Waals surface area contributed by atoms with Crippen LogP contribution in [0.1, 0.15) is 43.9 Å². The molecular weight excluding hydrogens is 352 g/mol. The monoisotopic (exact) mass is 380 g/mol. The molecule has 0 aliphatic carbocycles. The fourth-order valence-corrected chi connectivity index (χ4v) is 2.71. The van der Waals surface area contributed by atoms with Crippen molar-refractivity contribution in [3.05, 3.63) is 59.2 Å². The van der Waals surface area contributed by atoms with Crippen molar-refractivity contribution in [2.75, 3.05) is 13.2 Å². The van der Waals surface area contributed by atoms with Gasteiger partial charge in [-0.2, -0.15) is 5.26 Å². The van der Waals surface area contributed by atoms with Gasteiger partial charge in [-0.05, 0) is 41.7 Å². The van der Waals surface area contributed by atoms with Crippen molar-refractivity contribution >= 4 is 5.91 Å². The summed E-state index contributed by atoms with van der Waals surface area (Å²) >= 11 is 0. The van der Waals surface area contributed by atoms with E-state index in [1.807, 2.05) is 36.4 Å². The molecule has 2 aromatic rings. The number of carbonyl (C=O) groups excluding carboxylic acids is 1. The Hall–Kier alpha value is -3.00. The summed E-state index contributed by atoms with van der Waals surface area (Å²) in [7, 11) is 0. The third-order valence-electron chi connectivity index (χ3n) is 4.21. The van der Waals surface area contributed by atoms with Gasteiger partial charge in [0.1, 0.15) is 31.1 Å². The van der Waals surface area contributed by atoms with Crippen LogP contribution in [0.15, 0.2) is 42.5 Å². The van der Waals surface area contributed by atoms with Crippen LogP contribution < -0.4 is 14.8 Å². The Morgan fingerprint density at radius 1 is 1.07 bits per heavy atom. The molecule has 1 amide bonds. The van der Waals surface area contributed by atoms with Gasteiger partial charge in [0.2, 0.25) is 5.91 Å². The van der Waals surface area contributed by atoms with Crippen LogP contribution in [0.4, 0.5) is 0 Å². The van der Waals surface area contributed by atoms with Gasteiger partial charge in [-0.25, -0.2) is 0 Å². The molecule has 0 bridgehead atoms. The lowest BCUT2D eigenvalue weighted by atomic mass is 9.85. The zero-order valence-corrected chi connectivity index (χ0v) is 17.0. The molecule has 0 heterocycles. The van der Waals surface area contributed by atoms with E-state index in [-0.39, 0.29) is 17.7 Å². The van der Waals surface area contributed by atoms with Crippen LogP contribution in [0.5, 0.6) is 11.5 Å². The molecule has 28 heavy (non-hydrogen) atoms. The second kappa shape index (κ2) is 9.80. The second-order valence-corrected chi connectivity index (χ2v) is 7.70. The van der Waals surface area contributed by atoms with Gasteiger partial charge in [-0.15, -0.1) is 0 Å². The summed E-state index contributed by atoms with van der Waals surface area (Å²) in [6.45, 7) is 9.90. The van der Waals surface area contributed by atoms with Gasteiger partial charge in [-0.3, -0.25) is 4.79 Å². The number of rotatable bonds is 8. The first kappa shape index (κ1) is 21.3. The summed E-state index contributed by atoms with van der Waals surface area (Å²) < 4.78 is 11.7. The highest BCUT2D eigenvalue weighted by atomic mass is 16.5. The number of hydrogen-bond acceptors (Lipinski definition) is 4. The lowest BCUT2D eigenvalue weighted by Gasteiger charge is -2.23. The van der Waals surface area contributed by atoms with E-state index in [9.17, 15) is 4.79 Å². The zero-order valence-electron chi connectivity index (χ0n) is 17.0. The molecule has 5 nitrogen and oxygen atoms in total. The Morgan fingerprint density at radius 2 is 1.75 bits per heavy atom. The molecule has 5 heteroatoms. The first-order chi connectivity index (χ1) is 13.3. The van der Waals surface area contributed by atoms with E-state index in [2.05, 4.69) is 45.1 Å². The molecule has 0 atom stereocenters. The number of nitrogens with zero attached hydrogens (tertiary/aromatic N) is 1. The first-order valence-electron chi connectivity index (χ1n) is 9.39. The Balaban J connectivity index is 1.81. The van der Waals surface area contributed by atoms with Crippen molar-refractivity contribution in [2.45, 2.75) is 46.1 Å². The zero-order chi connectivity index (χ0) is 20.6. The topological polar surface area (TPSA) is 71.3 Å². The van der Waals surface area contributed by atoms with Gasteiger partial charge in [0, 0.05) is 6.54 Å². The molecule has 0 aliphatic rings. The number of nitrogens with one attached hydrogen (secondary N) is 1. The van der Waals surface area contributed by atoms with Crippen molar-refractivity contribution in [3.8, 4) is 17.6 Å². The van der Waals surface area contributed by atoms with Gasteiger partial charge < -0.3 is 14.8 Å². The van der Waals surface area contributed by atoms with Crippen molar-refractivity contribution in [1.29, 1.82) is 5.26 Å². The van der Waals surface area contributed by atoms with Gasteiger partial charge in [0.15, 0.2) is 0 Å². The van der Waals surface area contributed by atoms with Crippen molar-refractivity contribution in [3.63, 3.8) is 0 Å². The largest absolute Gasteiger partial charge is 0.490 e. The van der Waals surface area contributed by atoms with E-state index < -0.39 is 0 Å². The minimum Gasteiger partial charge on any atom is -0.490 e. The standard InChI is InChI=1S/C23H28N2O3/c1-17-5-10-21(20(15-17)23(2,3)4)28-14-13-27-19-8-6-18(7-9-19)16-25-22(26)11-12-24/h5-10,15H,11,13-14,16H2,1-4H3,(H,25,26). The van der Waals surface area contributed by atoms with E-state index in [4.69, 9.17) is 14.7 Å². The van der Waals surface area contributed by atoms with Crippen LogP contribution >= 0.6 is 0 Å².